The predicted molar refractivity (Wildman–Crippen MR) is 102 cm³/mol. The van der Waals surface area contributed by atoms with Crippen molar-refractivity contribution in [2.24, 2.45) is 5.92 Å². The predicted octanol–water partition coefficient (Wildman–Crippen LogP) is 3.94. The Morgan fingerprint density at radius 2 is 2.22 bits per heavy atom. The number of benzene rings is 1. The van der Waals surface area contributed by atoms with E-state index in [0.29, 0.717) is 12.3 Å². The van der Waals surface area contributed by atoms with Crippen LogP contribution >= 0.6 is 11.3 Å². The highest BCUT2D eigenvalue weighted by molar-refractivity contribution is 7.14. The average Bonchev–Trinajstić information content (AvgIpc) is 3.27. The number of aromatic nitrogens is 3. The Bertz CT molecular complexity index is 948. The van der Waals surface area contributed by atoms with E-state index in [1.165, 1.54) is 0 Å². The van der Waals surface area contributed by atoms with Crippen LogP contribution in [0.3, 0.4) is 0 Å². The Kier molecular flexibility index (Phi) is 5.18. The average molecular weight is 388 g/mol. The molecule has 3 aromatic rings. The number of hydrogen-bond acceptors (Lipinski definition) is 5. The lowest BCUT2D eigenvalue weighted by Gasteiger charge is -2.26. The van der Waals surface area contributed by atoms with E-state index in [9.17, 15) is 9.18 Å². The fraction of sp³-hybridized carbons (Fsp3) is 0.421. The summed E-state index contributed by atoms with van der Waals surface area (Å²) in [6.07, 6.45) is 5.42. The number of aryl methyl sites for hydroxylation is 1. The molecule has 3 heterocycles. The van der Waals surface area contributed by atoms with Gasteiger partial charge in [-0.3, -0.25) is 9.48 Å². The van der Waals surface area contributed by atoms with Crippen molar-refractivity contribution in [2.75, 3.05) is 18.5 Å². The largest absolute Gasteiger partial charge is 0.381 e. The number of nitrogens with one attached hydrogen (secondary N) is 1. The van der Waals surface area contributed by atoms with Gasteiger partial charge in [0.2, 0.25) is 0 Å². The zero-order chi connectivity index (χ0) is 18.8. The molecule has 8 heteroatoms. The van der Waals surface area contributed by atoms with Crippen LogP contribution in [0.1, 0.15) is 30.9 Å². The second kappa shape index (κ2) is 7.74. The number of hydrogen-bond donors (Lipinski definition) is 1. The second-order valence-corrected chi connectivity index (χ2v) is 7.84. The SMILES string of the molecule is Cc1cccc2c1cnn2C(CC1CCOCC1)C(=O)Nc1ncc(F)s1. The maximum absolute atomic E-state index is 13.3. The molecule has 1 atom stereocenters. The van der Waals surface area contributed by atoms with Gasteiger partial charge in [0.25, 0.3) is 5.91 Å². The van der Waals surface area contributed by atoms with Gasteiger partial charge in [-0.15, -0.1) is 0 Å². The molecule has 4 rings (SSSR count). The quantitative estimate of drug-likeness (QED) is 0.719. The van der Waals surface area contributed by atoms with Crippen LogP contribution in [0.4, 0.5) is 9.52 Å². The molecule has 27 heavy (non-hydrogen) atoms. The minimum Gasteiger partial charge on any atom is -0.381 e. The fourth-order valence-corrected chi connectivity index (χ4v) is 4.13. The lowest BCUT2D eigenvalue weighted by atomic mass is 9.92. The van der Waals surface area contributed by atoms with Gasteiger partial charge in [-0.2, -0.15) is 9.49 Å². The van der Waals surface area contributed by atoms with Crippen LogP contribution < -0.4 is 5.32 Å². The molecule has 6 nitrogen and oxygen atoms in total. The molecule has 1 fully saturated rings. The second-order valence-electron chi connectivity index (χ2n) is 6.86. The molecule has 142 valence electrons. The Morgan fingerprint density at radius 3 is 2.96 bits per heavy atom. The topological polar surface area (TPSA) is 69.0 Å². The first-order valence-corrected chi connectivity index (χ1v) is 9.86. The summed E-state index contributed by atoms with van der Waals surface area (Å²) < 4.78 is 20.5. The van der Waals surface area contributed by atoms with Crippen molar-refractivity contribution in [3.8, 4) is 0 Å². The lowest BCUT2D eigenvalue weighted by molar-refractivity contribution is -0.120. The highest BCUT2D eigenvalue weighted by Crippen LogP contribution is 2.30. The monoisotopic (exact) mass is 388 g/mol. The van der Waals surface area contributed by atoms with Crippen LogP contribution in [0.5, 0.6) is 0 Å². The molecular weight excluding hydrogens is 367 g/mol. The number of halogens is 1. The van der Waals surface area contributed by atoms with Crippen LogP contribution in [0, 0.1) is 18.0 Å². The Hall–Kier alpha value is -2.32. The standard InChI is InChI=1S/C19H21FN4O2S/c1-12-3-2-4-15-14(12)10-22-24(15)16(9-13-5-7-26-8-6-13)18(25)23-19-21-11-17(20)27-19/h2-4,10-11,13,16H,5-9H2,1H3,(H,21,23,25). The van der Waals surface area contributed by atoms with Crippen molar-refractivity contribution in [3.05, 3.63) is 41.3 Å². The molecule has 1 aliphatic heterocycles. The van der Waals surface area contributed by atoms with Crippen molar-refractivity contribution in [1.82, 2.24) is 14.8 Å². The van der Waals surface area contributed by atoms with Gasteiger partial charge < -0.3 is 10.1 Å². The van der Waals surface area contributed by atoms with Crippen molar-refractivity contribution >= 4 is 33.3 Å². The number of thiazole rings is 1. The number of fused-ring (bicyclic) bond motifs is 1. The summed E-state index contributed by atoms with van der Waals surface area (Å²) in [5, 5.41) is 8.15. The van der Waals surface area contributed by atoms with Gasteiger partial charge in [0.1, 0.15) is 6.04 Å². The molecule has 1 aliphatic rings. The first-order valence-electron chi connectivity index (χ1n) is 9.04. The van der Waals surface area contributed by atoms with Crippen molar-refractivity contribution in [3.63, 3.8) is 0 Å². The number of ether oxygens (including phenoxy) is 1. The van der Waals surface area contributed by atoms with Gasteiger partial charge in [0.05, 0.1) is 17.9 Å². The summed E-state index contributed by atoms with van der Waals surface area (Å²) in [6.45, 7) is 3.46. The molecule has 0 spiro atoms. The minimum absolute atomic E-state index is 0.220. The van der Waals surface area contributed by atoms with Crippen LogP contribution in [-0.2, 0) is 9.53 Å². The van der Waals surface area contributed by atoms with Crippen LogP contribution in [0.15, 0.2) is 30.6 Å². The smallest absolute Gasteiger partial charge is 0.251 e. The first-order chi connectivity index (χ1) is 13.1. The van der Waals surface area contributed by atoms with Crippen molar-refractivity contribution in [2.45, 2.75) is 32.2 Å². The van der Waals surface area contributed by atoms with Gasteiger partial charge in [-0.25, -0.2) is 4.98 Å². The molecule has 0 radical (unpaired) electrons. The lowest BCUT2D eigenvalue weighted by Crippen LogP contribution is -2.30. The number of carbonyl (C=O) groups excluding carboxylic acids is 1. The van der Waals surface area contributed by atoms with Crippen LogP contribution in [0.25, 0.3) is 10.9 Å². The third kappa shape index (κ3) is 3.86. The Morgan fingerprint density at radius 1 is 1.41 bits per heavy atom. The maximum atomic E-state index is 13.3. The highest BCUT2D eigenvalue weighted by Gasteiger charge is 2.28. The summed E-state index contributed by atoms with van der Waals surface area (Å²) in [6, 6.07) is 5.48. The molecule has 1 amide bonds. The van der Waals surface area contributed by atoms with Gasteiger partial charge >= 0.3 is 0 Å². The normalized spacial score (nSPS) is 16.5. The summed E-state index contributed by atoms with van der Waals surface area (Å²) in [5.41, 5.74) is 2.04. The summed E-state index contributed by atoms with van der Waals surface area (Å²) in [7, 11) is 0. The number of nitrogens with zero attached hydrogens (tertiary/aromatic N) is 3. The first kappa shape index (κ1) is 18.1. The molecule has 1 unspecified atom stereocenters. The third-order valence-electron chi connectivity index (χ3n) is 5.06. The Labute approximate surface area is 160 Å². The fourth-order valence-electron chi connectivity index (χ4n) is 3.58. The maximum Gasteiger partial charge on any atom is 0.251 e. The van der Waals surface area contributed by atoms with E-state index >= 15 is 0 Å². The molecule has 1 aromatic carbocycles. The van der Waals surface area contributed by atoms with E-state index in [1.807, 2.05) is 25.1 Å². The number of carbonyl (C=O) groups is 1. The van der Waals surface area contributed by atoms with E-state index in [4.69, 9.17) is 4.74 Å². The zero-order valence-electron chi connectivity index (χ0n) is 15.0. The summed E-state index contributed by atoms with van der Waals surface area (Å²) in [5.74, 6) is 0.161. The number of anilines is 1. The van der Waals surface area contributed by atoms with E-state index in [1.54, 1.807) is 10.9 Å². The van der Waals surface area contributed by atoms with E-state index in [-0.39, 0.29) is 11.0 Å². The molecule has 0 saturated carbocycles. The van der Waals surface area contributed by atoms with Gasteiger partial charge in [-0.05, 0) is 43.7 Å². The van der Waals surface area contributed by atoms with Gasteiger partial charge in [0.15, 0.2) is 10.3 Å². The van der Waals surface area contributed by atoms with Crippen molar-refractivity contribution in [1.29, 1.82) is 0 Å². The zero-order valence-corrected chi connectivity index (χ0v) is 15.8. The summed E-state index contributed by atoms with van der Waals surface area (Å²) >= 11 is 0.823. The van der Waals surface area contributed by atoms with E-state index < -0.39 is 11.2 Å². The molecular formula is C19H21FN4O2S. The van der Waals surface area contributed by atoms with E-state index in [2.05, 4.69) is 15.4 Å². The molecule has 1 N–H and O–H groups in total. The number of rotatable bonds is 5. The van der Waals surface area contributed by atoms with Gasteiger partial charge in [0, 0.05) is 18.6 Å². The molecule has 0 aliphatic carbocycles. The minimum atomic E-state index is -0.487. The Balaban J connectivity index is 1.65. The van der Waals surface area contributed by atoms with Crippen LogP contribution in [-0.4, -0.2) is 33.9 Å². The van der Waals surface area contributed by atoms with E-state index in [0.717, 1.165) is 60.1 Å². The third-order valence-corrected chi connectivity index (χ3v) is 5.76. The van der Waals surface area contributed by atoms with Crippen molar-refractivity contribution < 1.29 is 13.9 Å². The number of amides is 1. The summed E-state index contributed by atoms with van der Waals surface area (Å²) in [4.78, 5) is 17.0. The molecule has 1 saturated heterocycles. The molecule has 2 aromatic heterocycles. The van der Waals surface area contributed by atoms with Crippen LogP contribution in [0.2, 0.25) is 0 Å². The van der Waals surface area contributed by atoms with Gasteiger partial charge in [-0.1, -0.05) is 23.5 Å². The molecule has 0 bridgehead atoms. The highest BCUT2D eigenvalue weighted by atomic mass is 32.1.